The van der Waals surface area contributed by atoms with Crippen molar-refractivity contribution in [2.75, 3.05) is 18.9 Å². The van der Waals surface area contributed by atoms with Gasteiger partial charge in [0.25, 0.3) is 5.91 Å². The molecule has 0 spiro atoms. The SMILES string of the molecule is Cc1ccc(C(=O)NCC2(C)CCCO2)c(N)c1. The number of ether oxygens (including phenoxy) is 1. The summed E-state index contributed by atoms with van der Waals surface area (Å²) in [5, 5.41) is 2.90. The molecule has 98 valence electrons. The molecule has 1 amide bonds. The maximum absolute atomic E-state index is 12.0. The van der Waals surface area contributed by atoms with Gasteiger partial charge in [0, 0.05) is 18.8 Å². The molecule has 0 aliphatic carbocycles. The van der Waals surface area contributed by atoms with Crippen molar-refractivity contribution in [2.24, 2.45) is 0 Å². The van der Waals surface area contributed by atoms with Crippen molar-refractivity contribution in [2.45, 2.75) is 32.3 Å². The number of rotatable bonds is 3. The summed E-state index contributed by atoms with van der Waals surface area (Å²) in [4.78, 5) is 12.0. The van der Waals surface area contributed by atoms with Crippen molar-refractivity contribution in [1.29, 1.82) is 0 Å². The first kappa shape index (κ1) is 12.9. The van der Waals surface area contributed by atoms with Gasteiger partial charge in [-0.3, -0.25) is 4.79 Å². The average molecular weight is 248 g/mol. The molecule has 0 aromatic heterocycles. The molecule has 1 atom stereocenters. The molecule has 4 nitrogen and oxygen atoms in total. The lowest BCUT2D eigenvalue weighted by Gasteiger charge is -2.23. The number of nitrogens with one attached hydrogen (secondary N) is 1. The topological polar surface area (TPSA) is 64.3 Å². The van der Waals surface area contributed by atoms with Crippen molar-refractivity contribution in [3.05, 3.63) is 29.3 Å². The number of amides is 1. The molecule has 1 aromatic rings. The molecule has 0 radical (unpaired) electrons. The highest BCUT2D eigenvalue weighted by atomic mass is 16.5. The van der Waals surface area contributed by atoms with Crippen LogP contribution in [-0.2, 0) is 4.74 Å². The third-order valence-corrected chi connectivity index (χ3v) is 3.38. The molecule has 1 aromatic carbocycles. The Bertz CT molecular complexity index is 451. The Balaban J connectivity index is 1.99. The monoisotopic (exact) mass is 248 g/mol. The Morgan fingerprint density at radius 1 is 1.56 bits per heavy atom. The van der Waals surface area contributed by atoms with Gasteiger partial charge in [-0.2, -0.15) is 0 Å². The highest BCUT2D eigenvalue weighted by molar-refractivity contribution is 5.99. The maximum Gasteiger partial charge on any atom is 0.253 e. The first-order valence-corrected chi connectivity index (χ1v) is 6.28. The summed E-state index contributed by atoms with van der Waals surface area (Å²) in [6.07, 6.45) is 2.04. The van der Waals surface area contributed by atoms with E-state index in [0.29, 0.717) is 17.8 Å². The van der Waals surface area contributed by atoms with E-state index in [1.165, 1.54) is 0 Å². The van der Waals surface area contributed by atoms with Gasteiger partial charge in [-0.05, 0) is 44.4 Å². The van der Waals surface area contributed by atoms with Crippen LogP contribution in [0.25, 0.3) is 0 Å². The Hall–Kier alpha value is -1.55. The molecule has 2 rings (SSSR count). The van der Waals surface area contributed by atoms with Crippen LogP contribution in [0, 0.1) is 6.92 Å². The molecule has 18 heavy (non-hydrogen) atoms. The number of nitrogen functional groups attached to an aromatic ring is 1. The highest BCUT2D eigenvalue weighted by Gasteiger charge is 2.30. The summed E-state index contributed by atoms with van der Waals surface area (Å²) >= 11 is 0. The van der Waals surface area contributed by atoms with Gasteiger partial charge in [-0.15, -0.1) is 0 Å². The van der Waals surface area contributed by atoms with E-state index >= 15 is 0 Å². The number of nitrogens with two attached hydrogens (primary N) is 1. The summed E-state index contributed by atoms with van der Waals surface area (Å²) in [5.74, 6) is -0.135. The summed E-state index contributed by atoms with van der Waals surface area (Å²) < 4.78 is 5.63. The zero-order chi connectivity index (χ0) is 13.2. The predicted molar refractivity (Wildman–Crippen MR) is 71.5 cm³/mol. The van der Waals surface area contributed by atoms with Crippen LogP contribution in [0.4, 0.5) is 5.69 Å². The van der Waals surface area contributed by atoms with E-state index in [0.717, 1.165) is 25.0 Å². The Morgan fingerprint density at radius 3 is 2.94 bits per heavy atom. The van der Waals surface area contributed by atoms with Gasteiger partial charge in [0.2, 0.25) is 0 Å². The quantitative estimate of drug-likeness (QED) is 0.803. The second-order valence-electron chi connectivity index (χ2n) is 5.18. The highest BCUT2D eigenvalue weighted by Crippen LogP contribution is 2.24. The zero-order valence-corrected chi connectivity index (χ0v) is 11.0. The zero-order valence-electron chi connectivity index (χ0n) is 11.0. The molecular weight excluding hydrogens is 228 g/mol. The van der Waals surface area contributed by atoms with Crippen LogP contribution in [0.3, 0.4) is 0 Å². The molecule has 1 aliphatic heterocycles. The third kappa shape index (κ3) is 2.82. The Kier molecular flexibility index (Phi) is 3.57. The molecule has 4 heteroatoms. The lowest BCUT2D eigenvalue weighted by Crippen LogP contribution is -2.40. The lowest BCUT2D eigenvalue weighted by atomic mass is 10.0. The van der Waals surface area contributed by atoms with Crippen LogP contribution >= 0.6 is 0 Å². The maximum atomic E-state index is 12.0. The molecule has 1 heterocycles. The van der Waals surface area contributed by atoms with Crippen LogP contribution in [-0.4, -0.2) is 24.7 Å². The number of benzene rings is 1. The van der Waals surface area contributed by atoms with Gasteiger partial charge in [0.1, 0.15) is 0 Å². The minimum absolute atomic E-state index is 0.135. The van der Waals surface area contributed by atoms with Crippen LogP contribution in [0.2, 0.25) is 0 Å². The van der Waals surface area contributed by atoms with Gasteiger partial charge >= 0.3 is 0 Å². The standard InChI is InChI=1S/C14H20N2O2/c1-10-4-5-11(12(15)8-10)13(17)16-9-14(2)6-3-7-18-14/h4-5,8H,3,6-7,9,15H2,1-2H3,(H,16,17). The molecule has 1 unspecified atom stereocenters. The summed E-state index contributed by atoms with van der Waals surface area (Å²) in [7, 11) is 0. The molecular formula is C14H20N2O2. The molecule has 0 saturated carbocycles. The second kappa shape index (κ2) is 4.98. The fraction of sp³-hybridized carbons (Fsp3) is 0.500. The number of carbonyl (C=O) groups excluding carboxylic acids is 1. The van der Waals surface area contributed by atoms with Crippen molar-refractivity contribution < 1.29 is 9.53 Å². The van der Waals surface area contributed by atoms with E-state index in [1.54, 1.807) is 6.07 Å². The van der Waals surface area contributed by atoms with E-state index in [-0.39, 0.29) is 11.5 Å². The number of hydrogen-bond donors (Lipinski definition) is 2. The fourth-order valence-electron chi connectivity index (χ4n) is 2.23. The Morgan fingerprint density at radius 2 is 2.33 bits per heavy atom. The van der Waals surface area contributed by atoms with Crippen LogP contribution in [0.5, 0.6) is 0 Å². The second-order valence-corrected chi connectivity index (χ2v) is 5.18. The minimum Gasteiger partial charge on any atom is -0.398 e. The normalized spacial score (nSPS) is 23.0. The predicted octanol–water partition coefficient (Wildman–Crippen LogP) is 1.88. The molecule has 1 saturated heterocycles. The summed E-state index contributed by atoms with van der Waals surface area (Å²) in [5.41, 5.74) is 7.72. The number of carbonyl (C=O) groups is 1. The number of aryl methyl sites for hydroxylation is 1. The molecule has 3 N–H and O–H groups in total. The first-order valence-electron chi connectivity index (χ1n) is 6.28. The van der Waals surface area contributed by atoms with E-state index in [2.05, 4.69) is 5.32 Å². The summed E-state index contributed by atoms with van der Waals surface area (Å²) in [6.45, 7) is 5.28. The lowest BCUT2D eigenvalue weighted by molar-refractivity contribution is 0.0206. The van der Waals surface area contributed by atoms with E-state index in [1.807, 2.05) is 26.0 Å². The van der Waals surface area contributed by atoms with Crippen molar-refractivity contribution in [3.63, 3.8) is 0 Å². The summed E-state index contributed by atoms with van der Waals surface area (Å²) in [6, 6.07) is 5.46. The largest absolute Gasteiger partial charge is 0.398 e. The number of hydrogen-bond acceptors (Lipinski definition) is 3. The fourth-order valence-corrected chi connectivity index (χ4v) is 2.23. The van der Waals surface area contributed by atoms with Gasteiger partial charge in [-0.1, -0.05) is 6.07 Å². The van der Waals surface area contributed by atoms with Crippen molar-refractivity contribution in [3.8, 4) is 0 Å². The van der Waals surface area contributed by atoms with Gasteiger partial charge in [0.05, 0.1) is 11.2 Å². The van der Waals surface area contributed by atoms with Crippen molar-refractivity contribution >= 4 is 11.6 Å². The number of anilines is 1. The van der Waals surface area contributed by atoms with Crippen LogP contribution in [0.1, 0.15) is 35.7 Å². The third-order valence-electron chi connectivity index (χ3n) is 3.38. The molecule has 1 aliphatic rings. The molecule has 0 bridgehead atoms. The van der Waals surface area contributed by atoms with Crippen LogP contribution in [0.15, 0.2) is 18.2 Å². The van der Waals surface area contributed by atoms with E-state index < -0.39 is 0 Å². The van der Waals surface area contributed by atoms with Gasteiger partial charge < -0.3 is 15.8 Å². The van der Waals surface area contributed by atoms with E-state index in [4.69, 9.17) is 10.5 Å². The minimum atomic E-state index is -0.227. The first-order chi connectivity index (χ1) is 8.50. The van der Waals surface area contributed by atoms with Crippen molar-refractivity contribution in [1.82, 2.24) is 5.32 Å². The average Bonchev–Trinajstić information content (AvgIpc) is 2.74. The van der Waals surface area contributed by atoms with Crippen LogP contribution < -0.4 is 11.1 Å². The Labute approximate surface area is 108 Å². The molecule has 1 fully saturated rings. The van der Waals surface area contributed by atoms with Gasteiger partial charge in [-0.25, -0.2) is 0 Å². The van der Waals surface area contributed by atoms with E-state index in [9.17, 15) is 4.79 Å². The smallest absolute Gasteiger partial charge is 0.253 e. The van der Waals surface area contributed by atoms with Gasteiger partial charge in [0.15, 0.2) is 0 Å².